The van der Waals surface area contributed by atoms with Crippen LogP contribution in [-0.2, 0) is 9.53 Å². The lowest BCUT2D eigenvalue weighted by atomic mass is 9.67. The molecule has 1 saturated carbocycles. The van der Waals surface area contributed by atoms with Gasteiger partial charge in [0.1, 0.15) is 0 Å². The van der Waals surface area contributed by atoms with Crippen molar-refractivity contribution < 1.29 is 19.7 Å². The van der Waals surface area contributed by atoms with Gasteiger partial charge in [-0.05, 0) is 88.9 Å². The smallest absolute Gasteiger partial charge is 0.306 e. The van der Waals surface area contributed by atoms with Crippen LogP contribution in [0.3, 0.4) is 0 Å². The highest BCUT2D eigenvalue weighted by atomic mass is 16.5. The molecule has 0 aromatic rings. The Morgan fingerprint density at radius 1 is 1.16 bits per heavy atom. The van der Waals surface area contributed by atoms with Crippen molar-refractivity contribution in [1.82, 2.24) is 0 Å². The molecule has 8 unspecified atom stereocenters. The highest BCUT2D eigenvalue weighted by Gasteiger charge is 2.46. The van der Waals surface area contributed by atoms with E-state index in [1.54, 1.807) is 6.92 Å². The molecule has 0 amide bonds. The highest BCUT2D eigenvalue weighted by molar-refractivity contribution is 5.69. The molecule has 186 valence electrons. The highest BCUT2D eigenvalue weighted by Crippen LogP contribution is 2.46. The maximum atomic E-state index is 10.9. The van der Waals surface area contributed by atoms with E-state index in [9.17, 15) is 9.90 Å². The first-order valence-corrected chi connectivity index (χ1v) is 13.3. The molecule has 0 aromatic carbocycles. The normalized spacial score (nSPS) is 35.2. The molecule has 2 fully saturated rings. The zero-order valence-electron chi connectivity index (χ0n) is 21.6. The van der Waals surface area contributed by atoms with E-state index >= 15 is 0 Å². The van der Waals surface area contributed by atoms with Gasteiger partial charge >= 0.3 is 5.97 Å². The number of hydrogen-bond donors (Lipinski definition) is 2. The molecule has 2 N–H and O–H groups in total. The van der Waals surface area contributed by atoms with E-state index in [2.05, 4.69) is 40.7 Å². The van der Waals surface area contributed by atoms with Crippen LogP contribution < -0.4 is 0 Å². The molecular weight excluding hydrogens is 400 g/mol. The van der Waals surface area contributed by atoms with E-state index in [-0.39, 0.29) is 17.6 Å². The largest absolute Gasteiger partial charge is 0.481 e. The minimum atomic E-state index is -0.696. The summed E-state index contributed by atoms with van der Waals surface area (Å²) >= 11 is 0. The Kier molecular flexibility index (Phi) is 10.7. The average Bonchev–Trinajstić information content (AvgIpc) is 2.72. The molecule has 1 aliphatic carbocycles. The Balaban J connectivity index is 1.64. The third-order valence-electron chi connectivity index (χ3n) is 8.61. The van der Waals surface area contributed by atoms with E-state index in [0.717, 1.165) is 44.4 Å². The summed E-state index contributed by atoms with van der Waals surface area (Å²) in [5.41, 5.74) is 1.40. The summed E-state index contributed by atoms with van der Waals surface area (Å²) in [5.74, 6) is 1.09. The SMILES string of the molecule is CC(=CCCC(C)C(=O)O)CCCC(C)CCCC1(C)CCC2CC(O)C(C)C(C)C2O1. The zero-order valence-corrected chi connectivity index (χ0v) is 21.6. The fourth-order valence-electron chi connectivity index (χ4n) is 5.79. The van der Waals surface area contributed by atoms with Gasteiger partial charge in [0.2, 0.25) is 0 Å². The quantitative estimate of drug-likeness (QED) is 0.314. The maximum Gasteiger partial charge on any atom is 0.306 e. The predicted molar refractivity (Wildman–Crippen MR) is 132 cm³/mol. The lowest BCUT2D eigenvalue weighted by Gasteiger charge is -2.51. The summed E-state index contributed by atoms with van der Waals surface area (Å²) in [7, 11) is 0. The molecule has 1 heterocycles. The number of fused-ring (bicyclic) bond motifs is 1. The molecule has 0 bridgehead atoms. The number of ether oxygens (including phenoxy) is 1. The van der Waals surface area contributed by atoms with Crippen LogP contribution >= 0.6 is 0 Å². The minimum Gasteiger partial charge on any atom is -0.481 e. The van der Waals surface area contributed by atoms with Crippen LogP contribution in [-0.4, -0.2) is 34.0 Å². The Hall–Kier alpha value is -0.870. The summed E-state index contributed by atoms with van der Waals surface area (Å²) in [6.07, 6.45) is 14.4. The van der Waals surface area contributed by atoms with E-state index in [0.29, 0.717) is 23.9 Å². The zero-order chi connectivity index (χ0) is 23.9. The second-order valence-electron chi connectivity index (χ2n) is 11.6. The van der Waals surface area contributed by atoms with Crippen molar-refractivity contribution in [3.05, 3.63) is 11.6 Å². The second-order valence-corrected chi connectivity index (χ2v) is 11.6. The summed E-state index contributed by atoms with van der Waals surface area (Å²) < 4.78 is 6.72. The van der Waals surface area contributed by atoms with Crippen LogP contribution in [0, 0.1) is 29.6 Å². The molecule has 4 heteroatoms. The number of rotatable bonds is 12. The number of aliphatic hydroxyl groups is 1. The molecule has 0 aromatic heterocycles. The first-order chi connectivity index (χ1) is 15.0. The van der Waals surface area contributed by atoms with Crippen LogP contribution in [0.15, 0.2) is 11.6 Å². The first kappa shape index (κ1) is 27.4. The van der Waals surface area contributed by atoms with Crippen LogP contribution in [0.1, 0.15) is 112 Å². The number of allylic oxidation sites excluding steroid dienone is 2. The van der Waals surface area contributed by atoms with Crippen molar-refractivity contribution in [2.45, 2.75) is 130 Å². The van der Waals surface area contributed by atoms with Crippen molar-refractivity contribution in [1.29, 1.82) is 0 Å². The molecule has 32 heavy (non-hydrogen) atoms. The predicted octanol–water partition coefficient (Wildman–Crippen LogP) is 7.00. The molecule has 1 saturated heterocycles. The number of hydrogen-bond acceptors (Lipinski definition) is 3. The monoisotopic (exact) mass is 450 g/mol. The lowest BCUT2D eigenvalue weighted by Crippen LogP contribution is -2.52. The van der Waals surface area contributed by atoms with Gasteiger partial charge in [0.15, 0.2) is 0 Å². The molecule has 2 aliphatic rings. The summed E-state index contributed by atoms with van der Waals surface area (Å²) in [4.78, 5) is 10.9. The second kappa shape index (κ2) is 12.6. The van der Waals surface area contributed by atoms with Gasteiger partial charge in [-0.2, -0.15) is 0 Å². The molecule has 4 nitrogen and oxygen atoms in total. The molecule has 8 atom stereocenters. The van der Waals surface area contributed by atoms with Crippen LogP contribution in [0.5, 0.6) is 0 Å². The van der Waals surface area contributed by atoms with E-state index in [1.165, 1.54) is 37.7 Å². The fourth-order valence-corrected chi connectivity index (χ4v) is 5.79. The van der Waals surface area contributed by atoms with Crippen LogP contribution in [0.25, 0.3) is 0 Å². The average molecular weight is 451 g/mol. The van der Waals surface area contributed by atoms with Crippen LogP contribution in [0.4, 0.5) is 0 Å². The standard InChI is InChI=1S/C28H50O4/c1-19(12-8-14-21(3)27(30)31)10-7-11-20(2)13-9-16-28(6)17-15-24-18-25(29)22(4)23(5)26(24)32-28/h12,20-26,29H,7-11,13-18H2,1-6H3,(H,30,31). The molecule has 2 rings (SSSR count). The van der Waals surface area contributed by atoms with Gasteiger partial charge < -0.3 is 14.9 Å². The first-order valence-electron chi connectivity index (χ1n) is 13.3. The van der Waals surface area contributed by atoms with Gasteiger partial charge in [-0.1, -0.05) is 58.6 Å². The number of carbonyl (C=O) groups is 1. The minimum absolute atomic E-state index is 0.00355. The Labute approximate surface area is 197 Å². The van der Waals surface area contributed by atoms with Crippen LogP contribution in [0.2, 0.25) is 0 Å². The van der Waals surface area contributed by atoms with Gasteiger partial charge in [0.25, 0.3) is 0 Å². The van der Waals surface area contributed by atoms with Crippen molar-refractivity contribution in [3.8, 4) is 0 Å². The molecule has 0 radical (unpaired) electrons. The van der Waals surface area contributed by atoms with E-state index in [4.69, 9.17) is 9.84 Å². The van der Waals surface area contributed by atoms with Crippen molar-refractivity contribution in [2.75, 3.05) is 0 Å². The van der Waals surface area contributed by atoms with E-state index in [1.807, 2.05) is 0 Å². The van der Waals surface area contributed by atoms with Gasteiger partial charge in [-0.3, -0.25) is 4.79 Å². The topological polar surface area (TPSA) is 66.8 Å². The third-order valence-corrected chi connectivity index (χ3v) is 8.61. The summed E-state index contributed by atoms with van der Waals surface area (Å²) in [5, 5.41) is 19.3. The third kappa shape index (κ3) is 8.17. The summed E-state index contributed by atoms with van der Waals surface area (Å²) in [6, 6.07) is 0. The summed E-state index contributed by atoms with van der Waals surface area (Å²) in [6.45, 7) is 13.1. The van der Waals surface area contributed by atoms with Gasteiger partial charge in [0, 0.05) is 0 Å². The maximum absolute atomic E-state index is 10.9. The number of carboxylic acid groups (broad SMARTS) is 1. The van der Waals surface area contributed by atoms with Crippen molar-refractivity contribution >= 4 is 5.97 Å². The van der Waals surface area contributed by atoms with Crippen molar-refractivity contribution in [2.24, 2.45) is 29.6 Å². The van der Waals surface area contributed by atoms with Crippen molar-refractivity contribution in [3.63, 3.8) is 0 Å². The molecule has 0 spiro atoms. The molecule has 1 aliphatic heterocycles. The van der Waals surface area contributed by atoms with Gasteiger partial charge in [-0.15, -0.1) is 0 Å². The lowest BCUT2D eigenvalue weighted by molar-refractivity contribution is -0.200. The number of aliphatic hydroxyl groups excluding tert-OH is 1. The molecular formula is C28H50O4. The van der Waals surface area contributed by atoms with Gasteiger partial charge in [0.05, 0.1) is 23.7 Å². The number of aliphatic carboxylic acids is 1. The Morgan fingerprint density at radius 3 is 2.53 bits per heavy atom. The fraction of sp³-hybridized carbons (Fsp3) is 0.893. The van der Waals surface area contributed by atoms with Gasteiger partial charge in [-0.25, -0.2) is 0 Å². The Morgan fingerprint density at radius 2 is 1.84 bits per heavy atom. The Bertz CT molecular complexity index is 613. The number of carboxylic acids is 1. The van der Waals surface area contributed by atoms with E-state index < -0.39 is 5.97 Å².